The molecule has 0 saturated heterocycles. The fraction of sp³-hybridized carbons (Fsp3) is 0.235. The van der Waals surface area contributed by atoms with Crippen LogP contribution in [0.4, 0.5) is 0 Å². The molecule has 21 heavy (non-hydrogen) atoms. The van der Waals surface area contributed by atoms with Gasteiger partial charge < -0.3 is 0 Å². The van der Waals surface area contributed by atoms with Gasteiger partial charge in [0.05, 0.1) is 22.1 Å². The van der Waals surface area contributed by atoms with Crippen molar-refractivity contribution in [2.45, 2.75) is 26.1 Å². The van der Waals surface area contributed by atoms with Crippen molar-refractivity contribution in [1.82, 2.24) is 9.55 Å². The van der Waals surface area contributed by atoms with Crippen molar-refractivity contribution in [1.29, 1.82) is 0 Å². The summed E-state index contributed by atoms with van der Waals surface area (Å²) in [6.07, 6.45) is 0. The van der Waals surface area contributed by atoms with E-state index in [9.17, 15) is 0 Å². The SMILES string of the molecule is Cc1ccc(Br)c(-n2c(C(C)Cl)nc3c(C)cccc32)c1. The Morgan fingerprint density at radius 1 is 1.19 bits per heavy atom. The van der Waals surface area contributed by atoms with Gasteiger partial charge in [-0.15, -0.1) is 11.6 Å². The predicted molar refractivity (Wildman–Crippen MR) is 92.5 cm³/mol. The molecule has 0 aliphatic rings. The maximum atomic E-state index is 6.38. The minimum Gasteiger partial charge on any atom is -0.294 e. The Morgan fingerprint density at radius 2 is 1.95 bits per heavy atom. The average molecular weight is 364 g/mol. The molecule has 108 valence electrons. The number of hydrogen-bond donors (Lipinski definition) is 0. The van der Waals surface area contributed by atoms with Crippen molar-refractivity contribution in [3.63, 3.8) is 0 Å². The van der Waals surface area contributed by atoms with E-state index in [4.69, 9.17) is 16.6 Å². The number of aryl methyl sites for hydroxylation is 2. The Hall–Kier alpha value is -1.32. The molecular weight excluding hydrogens is 348 g/mol. The molecule has 2 nitrogen and oxygen atoms in total. The Morgan fingerprint density at radius 3 is 2.67 bits per heavy atom. The van der Waals surface area contributed by atoms with E-state index in [1.807, 2.05) is 6.92 Å². The molecule has 2 aromatic carbocycles. The molecule has 0 fully saturated rings. The van der Waals surface area contributed by atoms with E-state index >= 15 is 0 Å². The van der Waals surface area contributed by atoms with E-state index < -0.39 is 0 Å². The van der Waals surface area contributed by atoms with Gasteiger partial charge in [-0.05, 0) is 66.0 Å². The summed E-state index contributed by atoms with van der Waals surface area (Å²) < 4.78 is 3.18. The zero-order valence-electron chi connectivity index (χ0n) is 12.2. The average Bonchev–Trinajstić information content (AvgIpc) is 2.82. The van der Waals surface area contributed by atoms with Crippen LogP contribution >= 0.6 is 27.5 Å². The summed E-state index contributed by atoms with van der Waals surface area (Å²) in [4.78, 5) is 4.77. The smallest absolute Gasteiger partial charge is 0.132 e. The summed E-state index contributed by atoms with van der Waals surface area (Å²) in [5.41, 5.74) is 5.53. The molecular formula is C17H16BrClN2. The van der Waals surface area contributed by atoms with Crippen LogP contribution in [-0.2, 0) is 0 Å². The first-order valence-corrected chi connectivity index (χ1v) is 8.10. The van der Waals surface area contributed by atoms with Crippen LogP contribution in [0, 0.1) is 13.8 Å². The lowest BCUT2D eigenvalue weighted by Crippen LogP contribution is -2.03. The fourth-order valence-electron chi connectivity index (χ4n) is 2.57. The summed E-state index contributed by atoms with van der Waals surface area (Å²) in [5, 5.41) is -0.163. The largest absolute Gasteiger partial charge is 0.294 e. The normalized spacial score (nSPS) is 12.8. The van der Waals surface area contributed by atoms with E-state index in [-0.39, 0.29) is 5.38 Å². The Bertz CT molecular complexity index is 821. The van der Waals surface area contributed by atoms with E-state index in [2.05, 4.69) is 70.7 Å². The maximum Gasteiger partial charge on any atom is 0.132 e. The van der Waals surface area contributed by atoms with Gasteiger partial charge in [0.15, 0.2) is 0 Å². The van der Waals surface area contributed by atoms with E-state index in [0.29, 0.717) is 0 Å². The van der Waals surface area contributed by atoms with Crippen molar-refractivity contribution in [3.05, 3.63) is 57.8 Å². The standard InChI is InChI=1S/C17H16BrClN2/c1-10-7-8-13(18)15(9-10)21-14-6-4-5-11(2)16(14)20-17(21)12(3)19/h4-9,12H,1-3H3. The fourth-order valence-corrected chi connectivity index (χ4v) is 3.14. The molecule has 3 aromatic rings. The molecule has 0 bridgehead atoms. The molecule has 0 aliphatic heterocycles. The van der Waals surface area contributed by atoms with Crippen molar-refractivity contribution in [3.8, 4) is 5.69 Å². The molecule has 4 heteroatoms. The predicted octanol–water partition coefficient (Wildman–Crippen LogP) is 5.70. The first-order valence-electron chi connectivity index (χ1n) is 6.87. The third-order valence-electron chi connectivity index (χ3n) is 3.61. The van der Waals surface area contributed by atoms with Gasteiger partial charge in [-0.25, -0.2) is 4.98 Å². The van der Waals surface area contributed by atoms with Crippen molar-refractivity contribution < 1.29 is 0 Å². The quantitative estimate of drug-likeness (QED) is 0.534. The van der Waals surface area contributed by atoms with Crippen molar-refractivity contribution in [2.75, 3.05) is 0 Å². The van der Waals surface area contributed by atoms with Gasteiger partial charge in [-0.3, -0.25) is 4.57 Å². The minimum atomic E-state index is -0.163. The summed E-state index contributed by atoms with van der Waals surface area (Å²) in [6.45, 7) is 6.12. The highest BCUT2D eigenvalue weighted by Crippen LogP contribution is 2.33. The lowest BCUT2D eigenvalue weighted by atomic mass is 10.2. The van der Waals surface area contributed by atoms with Crippen LogP contribution in [0.15, 0.2) is 40.9 Å². The monoisotopic (exact) mass is 362 g/mol. The number of imidazole rings is 1. The third kappa shape index (κ3) is 2.49. The lowest BCUT2D eigenvalue weighted by molar-refractivity contribution is 0.879. The molecule has 0 aliphatic carbocycles. The zero-order valence-corrected chi connectivity index (χ0v) is 14.5. The van der Waals surface area contributed by atoms with E-state index in [1.54, 1.807) is 0 Å². The first kappa shape index (κ1) is 14.6. The molecule has 1 atom stereocenters. The highest BCUT2D eigenvalue weighted by molar-refractivity contribution is 9.10. The Labute approximate surface area is 137 Å². The summed E-state index contributed by atoms with van der Waals surface area (Å²) >= 11 is 10.0. The number of aromatic nitrogens is 2. The van der Waals surface area contributed by atoms with Gasteiger partial charge in [0, 0.05) is 4.47 Å². The zero-order chi connectivity index (χ0) is 15.1. The molecule has 1 unspecified atom stereocenters. The summed E-state index contributed by atoms with van der Waals surface area (Å²) in [7, 11) is 0. The molecule has 0 saturated carbocycles. The molecule has 3 rings (SSSR count). The summed E-state index contributed by atoms with van der Waals surface area (Å²) in [6, 6.07) is 12.5. The third-order valence-corrected chi connectivity index (χ3v) is 4.48. The van der Waals surface area contributed by atoms with Gasteiger partial charge >= 0.3 is 0 Å². The van der Waals surface area contributed by atoms with E-state index in [0.717, 1.165) is 32.6 Å². The lowest BCUT2D eigenvalue weighted by Gasteiger charge is -2.13. The number of alkyl halides is 1. The van der Waals surface area contributed by atoms with Crippen molar-refractivity contribution in [2.24, 2.45) is 0 Å². The second-order valence-electron chi connectivity index (χ2n) is 5.32. The van der Waals surface area contributed by atoms with Crippen LogP contribution < -0.4 is 0 Å². The van der Waals surface area contributed by atoms with E-state index in [1.165, 1.54) is 5.56 Å². The first-order chi connectivity index (χ1) is 9.99. The second-order valence-corrected chi connectivity index (χ2v) is 6.83. The number of rotatable bonds is 2. The molecule has 0 radical (unpaired) electrons. The van der Waals surface area contributed by atoms with Crippen LogP contribution in [0.3, 0.4) is 0 Å². The minimum absolute atomic E-state index is 0.163. The van der Waals surface area contributed by atoms with Gasteiger partial charge in [-0.2, -0.15) is 0 Å². The maximum absolute atomic E-state index is 6.38. The molecule has 0 N–H and O–H groups in total. The number of nitrogens with zero attached hydrogens (tertiary/aromatic N) is 2. The number of para-hydroxylation sites is 1. The van der Waals surface area contributed by atoms with Crippen LogP contribution in [0.2, 0.25) is 0 Å². The van der Waals surface area contributed by atoms with Crippen LogP contribution in [0.5, 0.6) is 0 Å². The van der Waals surface area contributed by atoms with Crippen LogP contribution in [0.1, 0.15) is 29.3 Å². The Balaban J connectivity index is 2.42. The molecule has 0 amide bonds. The number of benzene rings is 2. The van der Waals surface area contributed by atoms with Gasteiger partial charge in [0.1, 0.15) is 5.82 Å². The van der Waals surface area contributed by atoms with Crippen LogP contribution in [-0.4, -0.2) is 9.55 Å². The van der Waals surface area contributed by atoms with Gasteiger partial charge in [0.2, 0.25) is 0 Å². The topological polar surface area (TPSA) is 17.8 Å². The molecule has 0 spiro atoms. The molecule has 1 heterocycles. The van der Waals surface area contributed by atoms with Crippen LogP contribution in [0.25, 0.3) is 16.7 Å². The summed E-state index contributed by atoms with van der Waals surface area (Å²) in [5.74, 6) is 0.868. The van der Waals surface area contributed by atoms with Crippen molar-refractivity contribution >= 4 is 38.6 Å². The highest BCUT2D eigenvalue weighted by Gasteiger charge is 2.18. The number of halogens is 2. The number of hydrogen-bond acceptors (Lipinski definition) is 1. The molecule has 1 aromatic heterocycles. The highest BCUT2D eigenvalue weighted by atomic mass is 79.9. The number of fused-ring (bicyclic) bond motifs is 1. The Kier molecular flexibility index (Phi) is 3.80. The second kappa shape index (κ2) is 5.47. The van der Waals surface area contributed by atoms with Gasteiger partial charge in [-0.1, -0.05) is 18.2 Å². The van der Waals surface area contributed by atoms with Gasteiger partial charge in [0.25, 0.3) is 0 Å².